The zero-order chi connectivity index (χ0) is 27.7. The predicted octanol–water partition coefficient (Wildman–Crippen LogP) is 3.51. The van der Waals surface area contributed by atoms with Gasteiger partial charge in [-0.15, -0.1) is 0 Å². The Kier molecular flexibility index (Phi) is 9.26. The van der Waals surface area contributed by atoms with E-state index in [0.717, 1.165) is 69.3 Å². The molecule has 206 valence electrons. The fourth-order valence-electron chi connectivity index (χ4n) is 5.22. The summed E-state index contributed by atoms with van der Waals surface area (Å²) in [5.41, 5.74) is 5.26. The Labute approximate surface area is 236 Å². The summed E-state index contributed by atoms with van der Waals surface area (Å²) in [7, 11) is 3.19. The number of rotatable bonds is 9. The molecule has 40 heavy (non-hydrogen) atoms. The van der Waals surface area contributed by atoms with Crippen LogP contribution in [0.2, 0.25) is 0 Å². The largest absolute Gasteiger partial charge is 0.490 e. The van der Waals surface area contributed by atoms with Crippen molar-refractivity contribution in [3.63, 3.8) is 0 Å². The average Bonchev–Trinajstić information content (AvgIpc) is 2.98. The number of aromatic nitrogens is 2. The zero-order valence-electron chi connectivity index (χ0n) is 23.2. The van der Waals surface area contributed by atoms with E-state index in [1.807, 2.05) is 0 Å². The van der Waals surface area contributed by atoms with Gasteiger partial charge >= 0.3 is 0 Å². The molecule has 0 bridgehead atoms. The Morgan fingerprint density at radius 3 is 2.23 bits per heavy atom. The van der Waals surface area contributed by atoms with Gasteiger partial charge in [-0.05, 0) is 35.4 Å². The van der Waals surface area contributed by atoms with Crippen LogP contribution in [0.1, 0.15) is 33.9 Å². The molecular weight excluding hydrogens is 502 g/mol. The minimum Gasteiger partial charge on any atom is -0.490 e. The zero-order valence-corrected chi connectivity index (χ0v) is 23.2. The number of morpholine rings is 1. The van der Waals surface area contributed by atoms with Crippen LogP contribution in [-0.4, -0.2) is 79.9 Å². The quantitative estimate of drug-likeness (QED) is 0.384. The highest BCUT2D eigenvalue weighted by Gasteiger charge is 2.30. The second kappa shape index (κ2) is 13.4. The third-order valence-corrected chi connectivity index (χ3v) is 7.50. The molecule has 0 saturated carbocycles. The molecule has 2 saturated heterocycles. The number of hydrogen-bond donors (Lipinski definition) is 0. The number of likely N-dealkylation sites (tertiary alicyclic amines) is 1. The van der Waals surface area contributed by atoms with Crippen LogP contribution in [0.15, 0.2) is 54.9 Å². The maximum Gasteiger partial charge on any atom is 0.260 e. The normalized spacial score (nSPS) is 16.7. The van der Waals surface area contributed by atoms with E-state index in [-0.39, 0.29) is 11.8 Å². The Morgan fingerprint density at radius 1 is 0.925 bits per heavy atom. The standard InChI is InChI=1S/C32H35N5O3/c1-38-31-30(34-23-35-32(31)39-2)17-29(22-37-20-27(18-33)21-37)28-11-9-25(10-12-28)4-3-24-5-7-26(8-6-24)19-36-13-15-40-16-14-36/h5-12,23,27,29H,13-17,19-22H2,1-2H3/t29-/m1/s1. The summed E-state index contributed by atoms with van der Waals surface area (Å²) in [5.74, 6) is 7.87. The van der Waals surface area contributed by atoms with Gasteiger partial charge in [0.1, 0.15) is 6.33 Å². The van der Waals surface area contributed by atoms with Crippen LogP contribution in [-0.2, 0) is 17.7 Å². The molecule has 0 spiro atoms. The smallest absolute Gasteiger partial charge is 0.260 e. The van der Waals surface area contributed by atoms with Crippen molar-refractivity contribution >= 4 is 0 Å². The Morgan fingerprint density at radius 2 is 1.60 bits per heavy atom. The van der Waals surface area contributed by atoms with Gasteiger partial charge in [0.25, 0.3) is 5.88 Å². The molecule has 2 aliphatic rings. The van der Waals surface area contributed by atoms with Gasteiger partial charge in [-0.25, -0.2) is 4.98 Å². The van der Waals surface area contributed by atoms with E-state index in [9.17, 15) is 5.26 Å². The van der Waals surface area contributed by atoms with Crippen LogP contribution in [0.5, 0.6) is 11.6 Å². The van der Waals surface area contributed by atoms with Crippen molar-refractivity contribution in [1.29, 1.82) is 5.26 Å². The summed E-state index contributed by atoms with van der Waals surface area (Å²) >= 11 is 0. The fraction of sp³-hybridized carbons (Fsp3) is 0.406. The molecule has 8 heteroatoms. The summed E-state index contributed by atoms with van der Waals surface area (Å²) in [6.45, 7) is 6.96. The lowest BCUT2D eigenvalue weighted by molar-refractivity contribution is 0.0342. The lowest BCUT2D eigenvalue weighted by Gasteiger charge is -2.38. The number of benzene rings is 2. The van der Waals surface area contributed by atoms with Gasteiger partial charge in [0.15, 0.2) is 0 Å². The highest BCUT2D eigenvalue weighted by atomic mass is 16.5. The number of nitriles is 1. The maximum atomic E-state index is 9.22. The molecule has 0 amide bonds. The van der Waals surface area contributed by atoms with Crippen LogP contribution < -0.4 is 9.47 Å². The maximum absolute atomic E-state index is 9.22. The highest BCUT2D eigenvalue weighted by molar-refractivity contribution is 5.45. The van der Waals surface area contributed by atoms with Crippen LogP contribution in [0.25, 0.3) is 0 Å². The summed E-state index contributed by atoms with van der Waals surface area (Å²) in [6.07, 6.45) is 2.18. The molecule has 2 fully saturated rings. The summed E-state index contributed by atoms with van der Waals surface area (Å²) < 4.78 is 16.4. The molecule has 0 unspecified atom stereocenters. The second-order valence-electron chi connectivity index (χ2n) is 10.3. The third kappa shape index (κ3) is 6.97. The van der Waals surface area contributed by atoms with Crippen molar-refractivity contribution in [2.24, 2.45) is 5.92 Å². The highest BCUT2D eigenvalue weighted by Crippen LogP contribution is 2.32. The minimum atomic E-state index is 0.111. The van der Waals surface area contributed by atoms with E-state index < -0.39 is 0 Å². The average molecular weight is 538 g/mol. The SMILES string of the molecule is COc1ncnc(C[C@H](CN2CC(C#N)C2)c2ccc(C#Cc3ccc(CN4CCOCC4)cc3)cc2)c1OC. The Hall–Kier alpha value is -3.95. The first-order valence-electron chi connectivity index (χ1n) is 13.7. The molecule has 1 atom stereocenters. The van der Waals surface area contributed by atoms with Crippen molar-refractivity contribution in [2.45, 2.75) is 18.9 Å². The molecule has 3 aromatic rings. The van der Waals surface area contributed by atoms with Crippen molar-refractivity contribution in [3.05, 3.63) is 82.8 Å². The van der Waals surface area contributed by atoms with E-state index in [1.54, 1.807) is 14.2 Å². The van der Waals surface area contributed by atoms with Crippen LogP contribution in [0.3, 0.4) is 0 Å². The molecule has 0 radical (unpaired) electrons. The molecule has 5 rings (SSSR count). The number of hydrogen-bond acceptors (Lipinski definition) is 8. The topological polar surface area (TPSA) is 83.7 Å². The van der Waals surface area contributed by atoms with E-state index >= 15 is 0 Å². The lowest BCUT2D eigenvalue weighted by atomic mass is 9.90. The van der Waals surface area contributed by atoms with E-state index in [4.69, 9.17) is 14.2 Å². The molecule has 0 N–H and O–H groups in total. The Balaban J connectivity index is 1.28. The van der Waals surface area contributed by atoms with Crippen molar-refractivity contribution < 1.29 is 14.2 Å². The molecule has 8 nitrogen and oxygen atoms in total. The minimum absolute atomic E-state index is 0.111. The van der Waals surface area contributed by atoms with Gasteiger partial charge in [0.05, 0.1) is 45.1 Å². The summed E-state index contributed by atoms with van der Waals surface area (Å²) in [4.78, 5) is 13.4. The molecule has 2 aromatic carbocycles. The molecular formula is C32H35N5O3. The molecule has 0 aliphatic carbocycles. The molecule has 2 aliphatic heterocycles. The number of ether oxygens (including phenoxy) is 3. The predicted molar refractivity (Wildman–Crippen MR) is 152 cm³/mol. The van der Waals surface area contributed by atoms with Crippen molar-refractivity contribution in [2.75, 3.05) is 60.2 Å². The number of nitrogens with zero attached hydrogens (tertiary/aromatic N) is 5. The van der Waals surface area contributed by atoms with Gasteiger partial charge in [-0.3, -0.25) is 4.90 Å². The van der Waals surface area contributed by atoms with Gasteiger partial charge in [0.2, 0.25) is 5.75 Å². The van der Waals surface area contributed by atoms with Gasteiger partial charge in [-0.2, -0.15) is 10.2 Å². The van der Waals surface area contributed by atoms with Gasteiger partial charge in [-0.1, -0.05) is 36.1 Å². The lowest BCUT2D eigenvalue weighted by Crippen LogP contribution is -2.47. The first-order valence-corrected chi connectivity index (χ1v) is 13.7. The van der Waals surface area contributed by atoms with E-state index in [1.165, 1.54) is 17.5 Å². The van der Waals surface area contributed by atoms with Crippen LogP contribution in [0, 0.1) is 29.1 Å². The second-order valence-corrected chi connectivity index (χ2v) is 10.3. The van der Waals surface area contributed by atoms with Gasteiger partial charge < -0.3 is 19.1 Å². The van der Waals surface area contributed by atoms with Gasteiger partial charge in [0, 0.05) is 62.7 Å². The molecule has 3 heterocycles. The van der Waals surface area contributed by atoms with Crippen molar-refractivity contribution in [3.8, 4) is 29.5 Å². The first kappa shape index (κ1) is 27.6. The first-order chi connectivity index (χ1) is 19.6. The fourth-order valence-corrected chi connectivity index (χ4v) is 5.22. The van der Waals surface area contributed by atoms with Crippen LogP contribution in [0.4, 0.5) is 0 Å². The summed E-state index contributed by atoms with van der Waals surface area (Å²) in [5, 5.41) is 9.22. The molecule has 1 aromatic heterocycles. The monoisotopic (exact) mass is 537 g/mol. The van der Waals surface area contributed by atoms with E-state index in [2.05, 4.69) is 86.2 Å². The third-order valence-electron chi connectivity index (χ3n) is 7.50. The van der Waals surface area contributed by atoms with Crippen LogP contribution >= 0.6 is 0 Å². The summed E-state index contributed by atoms with van der Waals surface area (Å²) in [6, 6.07) is 19.3. The number of methoxy groups -OCH3 is 2. The van der Waals surface area contributed by atoms with E-state index in [0.29, 0.717) is 18.1 Å². The van der Waals surface area contributed by atoms with Crippen molar-refractivity contribution in [1.82, 2.24) is 19.8 Å². The Bertz CT molecular complexity index is 1360.